The SMILES string of the molecule is CN(C)CCn1nccc1-c1cnc(NCc2c(F)ccc3c2CCO3)n2cc(C#N)nc12. The number of nitrogens with zero attached hydrogens (tertiary/aromatic N) is 7. The highest BCUT2D eigenvalue weighted by Gasteiger charge is 2.21. The molecule has 4 aromatic rings. The van der Waals surface area contributed by atoms with Gasteiger partial charge in [0.25, 0.3) is 0 Å². The maximum atomic E-state index is 14.6. The van der Waals surface area contributed by atoms with Crippen molar-refractivity contribution in [1.82, 2.24) is 29.0 Å². The lowest BCUT2D eigenvalue weighted by Gasteiger charge is -2.14. The maximum absolute atomic E-state index is 14.6. The topological polar surface area (TPSA) is 96.3 Å². The summed E-state index contributed by atoms with van der Waals surface area (Å²) < 4.78 is 23.7. The number of benzene rings is 1. The second-order valence-electron chi connectivity index (χ2n) is 8.12. The van der Waals surface area contributed by atoms with E-state index in [1.165, 1.54) is 6.07 Å². The molecule has 1 aliphatic heterocycles. The van der Waals surface area contributed by atoms with Gasteiger partial charge in [-0.15, -0.1) is 0 Å². The average molecular weight is 446 g/mol. The van der Waals surface area contributed by atoms with Gasteiger partial charge in [0, 0.05) is 43.0 Å². The summed E-state index contributed by atoms with van der Waals surface area (Å²) in [7, 11) is 4.02. The van der Waals surface area contributed by atoms with Crippen LogP contribution >= 0.6 is 0 Å². The molecule has 33 heavy (non-hydrogen) atoms. The van der Waals surface area contributed by atoms with Crippen molar-refractivity contribution < 1.29 is 9.13 Å². The number of likely N-dealkylation sites (N-methyl/N-ethyl adjacent to an activating group) is 1. The molecule has 0 saturated carbocycles. The molecule has 0 aliphatic carbocycles. The Morgan fingerprint density at radius 2 is 2.18 bits per heavy atom. The van der Waals surface area contributed by atoms with E-state index in [0.717, 1.165) is 29.1 Å². The van der Waals surface area contributed by atoms with Gasteiger partial charge in [-0.1, -0.05) is 0 Å². The summed E-state index contributed by atoms with van der Waals surface area (Å²) in [6.45, 7) is 2.32. The predicted octanol–water partition coefficient (Wildman–Crippen LogP) is 2.71. The minimum Gasteiger partial charge on any atom is -0.493 e. The number of halogens is 1. The minimum absolute atomic E-state index is 0.237. The lowest BCUT2D eigenvalue weighted by atomic mass is 10.0. The summed E-state index contributed by atoms with van der Waals surface area (Å²) in [5.41, 5.74) is 3.91. The highest BCUT2D eigenvalue weighted by atomic mass is 19.1. The number of hydrogen-bond donors (Lipinski definition) is 1. The molecular weight excluding hydrogens is 423 g/mol. The first kappa shape index (κ1) is 20.9. The summed E-state index contributed by atoms with van der Waals surface area (Å²) in [6, 6.07) is 7.09. The lowest BCUT2D eigenvalue weighted by molar-refractivity contribution is 0.356. The third kappa shape index (κ3) is 3.87. The van der Waals surface area contributed by atoms with E-state index in [9.17, 15) is 9.65 Å². The highest BCUT2D eigenvalue weighted by molar-refractivity contribution is 5.76. The number of aromatic nitrogens is 5. The molecule has 1 aliphatic rings. The first-order valence-electron chi connectivity index (χ1n) is 10.7. The molecule has 0 atom stereocenters. The van der Waals surface area contributed by atoms with Crippen molar-refractivity contribution in [3.63, 3.8) is 0 Å². The van der Waals surface area contributed by atoms with E-state index >= 15 is 0 Å². The van der Waals surface area contributed by atoms with Gasteiger partial charge in [0.15, 0.2) is 11.3 Å². The molecule has 9 nitrogen and oxygen atoms in total. The lowest BCUT2D eigenvalue weighted by Crippen LogP contribution is -2.19. The fraction of sp³-hybridized carbons (Fsp3) is 0.304. The summed E-state index contributed by atoms with van der Waals surface area (Å²) >= 11 is 0. The molecule has 0 spiro atoms. The Kier molecular flexibility index (Phi) is 5.40. The molecule has 4 heterocycles. The molecule has 0 radical (unpaired) electrons. The fourth-order valence-electron chi connectivity index (χ4n) is 4.05. The Labute approximate surface area is 190 Å². The van der Waals surface area contributed by atoms with Crippen LogP contribution in [-0.4, -0.2) is 56.3 Å². The molecule has 5 rings (SSSR count). The summed E-state index contributed by atoms with van der Waals surface area (Å²) in [4.78, 5) is 11.2. The summed E-state index contributed by atoms with van der Waals surface area (Å²) in [5, 5.41) is 17.1. The molecule has 0 saturated heterocycles. The Bertz CT molecular complexity index is 1370. The Hall–Kier alpha value is -3.97. The Morgan fingerprint density at radius 3 is 3.00 bits per heavy atom. The quantitative estimate of drug-likeness (QED) is 0.466. The number of nitrogens with one attached hydrogen (secondary N) is 1. The highest BCUT2D eigenvalue weighted by Crippen LogP contribution is 2.31. The molecule has 168 valence electrons. The number of hydrogen-bond acceptors (Lipinski definition) is 7. The van der Waals surface area contributed by atoms with E-state index in [-0.39, 0.29) is 18.1 Å². The van der Waals surface area contributed by atoms with Crippen LogP contribution < -0.4 is 10.1 Å². The van der Waals surface area contributed by atoms with Crippen LogP contribution in [0.15, 0.2) is 36.8 Å². The third-order valence-corrected chi connectivity index (χ3v) is 5.72. The molecule has 3 aromatic heterocycles. The largest absolute Gasteiger partial charge is 0.493 e. The van der Waals surface area contributed by atoms with Crippen LogP contribution in [0.25, 0.3) is 16.9 Å². The van der Waals surface area contributed by atoms with Gasteiger partial charge in [-0.2, -0.15) is 10.4 Å². The van der Waals surface area contributed by atoms with Crippen molar-refractivity contribution in [2.75, 3.05) is 32.6 Å². The second-order valence-corrected chi connectivity index (χ2v) is 8.12. The van der Waals surface area contributed by atoms with Crippen LogP contribution in [0.5, 0.6) is 5.75 Å². The average Bonchev–Trinajstić information content (AvgIpc) is 3.55. The van der Waals surface area contributed by atoms with E-state index in [0.29, 0.717) is 36.7 Å². The minimum atomic E-state index is -0.284. The number of fused-ring (bicyclic) bond motifs is 2. The van der Waals surface area contributed by atoms with Gasteiger partial charge < -0.3 is 15.0 Å². The molecule has 0 unspecified atom stereocenters. The van der Waals surface area contributed by atoms with E-state index in [2.05, 4.69) is 31.4 Å². The summed E-state index contributed by atoms with van der Waals surface area (Å²) in [6.07, 6.45) is 5.75. The van der Waals surface area contributed by atoms with Crippen molar-refractivity contribution >= 4 is 11.6 Å². The summed E-state index contributed by atoms with van der Waals surface area (Å²) in [5.74, 6) is 0.910. The van der Waals surface area contributed by atoms with E-state index in [4.69, 9.17) is 4.74 Å². The molecular formula is C23H23FN8O. The first-order chi connectivity index (χ1) is 16.0. The monoisotopic (exact) mass is 446 g/mol. The van der Waals surface area contributed by atoms with Gasteiger partial charge in [-0.3, -0.25) is 9.08 Å². The van der Waals surface area contributed by atoms with Gasteiger partial charge in [0.2, 0.25) is 5.95 Å². The first-order valence-corrected chi connectivity index (χ1v) is 10.7. The normalized spacial score (nSPS) is 12.7. The second kappa shape index (κ2) is 8.52. The van der Waals surface area contributed by atoms with Crippen molar-refractivity contribution in [3.8, 4) is 23.1 Å². The van der Waals surface area contributed by atoms with Crippen molar-refractivity contribution in [2.45, 2.75) is 19.5 Å². The van der Waals surface area contributed by atoms with Crippen LogP contribution in [0.3, 0.4) is 0 Å². The van der Waals surface area contributed by atoms with E-state index in [1.54, 1.807) is 29.1 Å². The number of rotatable bonds is 7. The van der Waals surface area contributed by atoms with E-state index < -0.39 is 0 Å². The molecule has 10 heteroatoms. The van der Waals surface area contributed by atoms with Crippen molar-refractivity contribution in [2.24, 2.45) is 0 Å². The van der Waals surface area contributed by atoms with Gasteiger partial charge in [0.05, 0.1) is 30.6 Å². The Morgan fingerprint density at radius 1 is 1.30 bits per heavy atom. The van der Waals surface area contributed by atoms with Gasteiger partial charge in [-0.25, -0.2) is 14.4 Å². The number of imidazole rings is 1. The zero-order valence-electron chi connectivity index (χ0n) is 18.4. The van der Waals surface area contributed by atoms with Crippen LogP contribution in [0.4, 0.5) is 10.3 Å². The van der Waals surface area contributed by atoms with Crippen LogP contribution in [-0.2, 0) is 19.5 Å². The van der Waals surface area contributed by atoms with Gasteiger partial charge >= 0.3 is 0 Å². The smallest absolute Gasteiger partial charge is 0.208 e. The standard InChI is InChI=1S/C23H23FN8O/c1-30(2)8-9-32-20(5-7-28-32)18-13-27-23(31-14-15(11-25)29-22(18)31)26-12-17-16-6-10-33-21(16)4-3-19(17)24/h3-5,7,13-14H,6,8-10,12H2,1-2H3,(H,26,27). The molecule has 0 amide bonds. The van der Waals surface area contributed by atoms with Crippen LogP contribution in [0, 0.1) is 17.1 Å². The van der Waals surface area contributed by atoms with Gasteiger partial charge in [-0.05, 0) is 32.3 Å². The van der Waals surface area contributed by atoms with E-state index in [1.807, 2.05) is 24.8 Å². The number of ether oxygens (including phenoxy) is 1. The fourth-order valence-corrected chi connectivity index (χ4v) is 4.05. The van der Waals surface area contributed by atoms with Crippen LogP contribution in [0.1, 0.15) is 16.8 Å². The zero-order valence-corrected chi connectivity index (χ0v) is 18.4. The molecule has 0 bridgehead atoms. The maximum Gasteiger partial charge on any atom is 0.208 e. The zero-order chi connectivity index (χ0) is 22.9. The molecule has 0 fully saturated rings. The molecule has 1 N–H and O–H groups in total. The number of anilines is 1. The number of nitriles is 1. The predicted molar refractivity (Wildman–Crippen MR) is 120 cm³/mol. The van der Waals surface area contributed by atoms with Crippen molar-refractivity contribution in [3.05, 3.63) is 59.4 Å². The van der Waals surface area contributed by atoms with Crippen LogP contribution in [0.2, 0.25) is 0 Å². The molecule has 1 aromatic carbocycles. The van der Waals surface area contributed by atoms with Crippen molar-refractivity contribution in [1.29, 1.82) is 5.26 Å². The Balaban J connectivity index is 1.51. The third-order valence-electron chi connectivity index (χ3n) is 5.72. The van der Waals surface area contributed by atoms with Gasteiger partial charge in [0.1, 0.15) is 17.6 Å².